The van der Waals surface area contributed by atoms with Gasteiger partial charge in [0, 0.05) is 0 Å². The number of aliphatic hydroxyl groups excluding tert-OH is 1. The van der Waals surface area contributed by atoms with Gasteiger partial charge in [-0.2, -0.15) is 8.78 Å². The van der Waals surface area contributed by atoms with Crippen LogP contribution in [-0.4, -0.2) is 42.3 Å². The molecular weight excluding hydrogens is 262 g/mol. The number of hydrogen-bond acceptors (Lipinski definition) is 5. The zero-order valence-electron chi connectivity index (χ0n) is 10.7. The van der Waals surface area contributed by atoms with E-state index in [9.17, 15) is 23.5 Å². The first-order valence-electron chi connectivity index (χ1n) is 6.21. The molecule has 0 spiro atoms. The highest BCUT2D eigenvalue weighted by molar-refractivity contribution is 5.80. The number of alkyl halides is 2. The molecule has 110 valence electrons. The maximum Gasteiger partial charge on any atom is 0.376 e. The number of esters is 2. The first-order chi connectivity index (χ1) is 8.86. The molecule has 1 saturated carbocycles. The Balaban J connectivity index is 2.45. The Morgan fingerprint density at radius 2 is 1.89 bits per heavy atom. The molecule has 1 rings (SSSR count). The molecule has 0 aromatic rings. The summed E-state index contributed by atoms with van der Waals surface area (Å²) in [5.41, 5.74) is 0. The zero-order valence-corrected chi connectivity index (χ0v) is 10.7. The SMILES string of the molecule is COC(=O)C(F)(F)CC(O)C(=O)OC1CCCCC1. The predicted molar refractivity (Wildman–Crippen MR) is 60.6 cm³/mol. The van der Waals surface area contributed by atoms with Gasteiger partial charge >= 0.3 is 17.9 Å². The lowest BCUT2D eigenvalue weighted by molar-refractivity contribution is -0.179. The summed E-state index contributed by atoms with van der Waals surface area (Å²) >= 11 is 0. The minimum atomic E-state index is -3.90. The van der Waals surface area contributed by atoms with E-state index in [2.05, 4.69) is 4.74 Å². The molecule has 1 aliphatic carbocycles. The van der Waals surface area contributed by atoms with Gasteiger partial charge in [0.1, 0.15) is 6.10 Å². The van der Waals surface area contributed by atoms with Crippen molar-refractivity contribution in [2.24, 2.45) is 0 Å². The second-order valence-corrected chi connectivity index (χ2v) is 4.61. The van der Waals surface area contributed by atoms with Crippen molar-refractivity contribution in [3.63, 3.8) is 0 Å². The van der Waals surface area contributed by atoms with E-state index < -0.39 is 30.4 Å². The van der Waals surface area contributed by atoms with E-state index in [1.165, 1.54) is 0 Å². The molecule has 7 heteroatoms. The van der Waals surface area contributed by atoms with Crippen LogP contribution in [0.5, 0.6) is 0 Å². The highest BCUT2D eigenvalue weighted by Gasteiger charge is 2.44. The molecule has 1 atom stereocenters. The van der Waals surface area contributed by atoms with Gasteiger partial charge in [-0.05, 0) is 25.7 Å². The lowest BCUT2D eigenvalue weighted by Gasteiger charge is -2.24. The summed E-state index contributed by atoms with van der Waals surface area (Å²) in [6, 6.07) is 0. The van der Waals surface area contributed by atoms with Crippen LogP contribution in [0.1, 0.15) is 38.5 Å². The van der Waals surface area contributed by atoms with Gasteiger partial charge in [0.25, 0.3) is 0 Å². The molecule has 0 bridgehead atoms. The van der Waals surface area contributed by atoms with Crippen LogP contribution >= 0.6 is 0 Å². The fourth-order valence-corrected chi connectivity index (χ4v) is 1.98. The van der Waals surface area contributed by atoms with Gasteiger partial charge in [-0.1, -0.05) is 6.42 Å². The van der Waals surface area contributed by atoms with Gasteiger partial charge in [-0.25, -0.2) is 9.59 Å². The summed E-state index contributed by atoms with van der Waals surface area (Å²) in [4.78, 5) is 22.2. The summed E-state index contributed by atoms with van der Waals surface area (Å²) in [6.07, 6.45) is 0.525. The Morgan fingerprint density at radius 3 is 2.42 bits per heavy atom. The van der Waals surface area contributed by atoms with E-state index in [4.69, 9.17) is 4.74 Å². The molecule has 1 unspecified atom stereocenters. The van der Waals surface area contributed by atoms with Crippen molar-refractivity contribution in [3.8, 4) is 0 Å². The fraction of sp³-hybridized carbons (Fsp3) is 0.833. The molecule has 0 amide bonds. The molecule has 5 nitrogen and oxygen atoms in total. The summed E-state index contributed by atoms with van der Waals surface area (Å²) in [7, 11) is 0.809. The normalized spacial score (nSPS) is 18.7. The molecule has 0 heterocycles. The van der Waals surface area contributed by atoms with Crippen LogP contribution in [0.2, 0.25) is 0 Å². The summed E-state index contributed by atoms with van der Waals surface area (Å²) in [5.74, 6) is -6.80. The van der Waals surface area contributed by atoms with Gasteiger partial charge in [-0.3, -0.25) is 0 Å². The molecule has 0 saturated heterocycles. The third kappa shape index (κ3) is 4.74. The van der Waals surface area contributed by atoms with Gasteiger partial charge < -0.3 is 14.6 Å². The van der Waals surface area contributed by atoms with Gasteiger partial charge in [0.15, 0.2) is 6.10 Å². The van der Waals surface area contributed by atoms with Crippen LogP contribution in [0.15, 0.2) is 0 Å². The van der Waals surface area contributed by atoms with E-state index in [0.717, 1.165) is 26.4 Å². The molecule has 0 aliphatic heterocycles. The molecule has 1 aliphatic rings. The van der Waals surface area contributed by atoms with Gasteiger partial charge in [-0.15, -0.1) is 0 Å². The van der Waals surface area contributed by atoms with Crippen molar-refractivity contribution in [2.75, 3.05) is 7.11 Å². The Kier molecular flexibility index (Phi) is 5.65. The number of carbonyl (C=O) groups excluding carboxylic acids is 2. The highest BCUT2D eigenvalue weighted by atomic mass is 19.3. The minimum Gasteiger partial charge on any atom is -0.465 e. The van der Waals surface area contributed by atoms with Crippen molar-refractivity contribution < 1.29 is 33.0 Å². The second-order valence-electron chi connectivity index (χ2n) is 4.61. The maximum absolute atomic E-state index is 13.2. The Morgan fingerprint density at radius 1 is 1.32 bits per heavy atom. The van der Waals surface area contributed by atoms with Crippen molar-refractivity contribution in [2.45, 2.75) is 56.7 Å². The minimum absolute atomic E-state index is 0.331. The fourth-order valence-electron chi connectivity index (χ4n) is 1.98. The number of aliphatic hydroxyl groups is 1. The Hall–Kier alpha value is -1.24. The zero-order chi connectivity index (χ0) is 14.5. The van der Waals surface area contributed by atoms with E-state index in [1.54, 1.807) is 0 Å². The van der Waals surface area contributed by atoms with Crippen LogP contribution in [0.25, 0.3) is 0 Å². The topological polar surface area (TPSA) is 72.8 Å². The standard InChI is InChI=1S/C12H18F2O5/c1-18-11(17)12(13,14)7-9(15)10(16)19-8-5-3-2-4-6-8/h8-9,15H,2-7H2,1H3. The number of rotatable bonds is 5. The average molecular weight is 280 g/mol. The molecule has 19 heavy (non-hydrogen) atoms. The summed E-state index contributed by atoms with van der Waals surface area (Å²) < 4.78 is 35.2. The Bertz CT molecular complexity index is 326. The smallest absolute Gasteiger partial charge is 0.376 e. The number of halogens is 2. The van der Waals surface area contributed by atoms with E-state index in [-0.39, 0.29) is 6.10 Å². The molecule has 1 N–H and O–H groups in total. The first kappa shape index (κ1) is 15.8. The van der Waals surface area contributed by atoms with Crippen molar-refractivity contribution in [1.82, 2.24) is 0 Å². The van der Waals surface area contributed by atoms with Crippen LogP contribution in [-0.2, 0) is 19.1 Å². The first-order valence-corrected chi connectivity index (χ1v) is 6.21. The lowest BCUT2D eigenvalue weighted by Crippen LogP contribution is -2.38. The van der Waals surface area contributed by atoms with E-state index in [0.29, 0.717) is 12.8 Å². The van der Waals surface area contributed by atoms with Crippen LogP contribution < -0.4 is 0 Å². The number of hydrogen-bond donors (Lipinski definition) is 1. The largest absolute Gasteiger partial charge is 0.465 e. The number of ether oxygens (including phenoxy) is 2. The van der Waals surface area contributed by atoms with Gasteiger partial charge in [0.2, 0.25) is 0 Å². The molecular formula is C12H18F2O5. The number of methoxy groups -OCH3 is 1. The monoisotopic (exact) mass is 280 g/mol. The highest BCUT2D eigenvalue weighted by Crippen LogP contribution is 2.24. The van der Waals surface area contributed by atoms with Crippen molar-refractivity contribution in [3.05, 3.63) is 0 Å². The van der Waals surface area contributed by atoms with Gasteiger partial charge in [0.05, 0.1) is 13.5 Å². The third-order valence-electron chi connectivity index (χ3n) is 3.04. The van der Waals surface area contributed by atoms with Crippen molar-refractivity contribution >= 4 is 11.9 Å². The molecule has 0 aromatic heterocycles. The number of carbonyl (C=O) groups is 2. The predicted octanol–water partition coefficient (Wildman–Crippen LogP) is 1.42. The quantitative estimate of drug-likeness (QED) is 0.771. The molecule has 1 fully saturated rings. The van der Waals surface area contributed by atoms with Crippen LogP contribution in [0.4, 0.5) is 8.78 Å². The third-order valence-corrected chi connectivity index (χ3v) is 3.04. The molecule has 0 aromatic carbocycles. The van der Waals surface area contributed by atoms with E-state index in [1.807, 2.05) is 0 Å². The summed E-state index contributed by atoms with van der Waals surface area (Å²) in [5, 5.41) is 9.37. The summed E-state index contributed by atoms with van der Waals surface area (Å²) in [6.45, 7) is 0. The molecule has 0 radical (unpaired) electrons. The van der Waals surface area contributed by atoms with Crippen LogP contribution in [0, 0.1) is 0 Å². The van der Waals surface area contributed by atoms with E-state index >= 15 is 0 Å². The van der Waals surface area contributed by atoms with Crippen LogP contribution in [0.3, 0.4) is 0 Å². The second kappa shape index (κ2) is 6.79. The Labute approximate surface area is 109 Å². The average Bonchev–Trinajstić information content (AvgIpc) is 2.38. The lowest BCUT2D eigenvalue weighted by atomic mass is 9.98. The van der Waals surface area contributed by atoms with Crippen molar-refractivity contribution in [1.29, 1.82) is 0 Å². The maximum atomic E-state index is 13.2.